The molecule has 0 saturated heterocycles. The fourth-order valence-electron chi connectivity index (χ4n) is 3.10. The van der Waals surface area contributed by atoms with Crippen molar-refractivity contribution in [1.82, 2.24) is 4.98 Å². The number of carbonyl (C=O) groups is 1. The van der Waals surface area contributed by atoms with E-state index < -0.39 is 0 Å². The molecule has 2 aromatic heterocycles. The Morgan fingerprint density at radius 1 is 1.10 bits per heavy atom. The molecule has 30 heavy (non-hydrogen) atoms. The van der Waals surface area contributed by atoms with Crippen molar-refractivity contribution < 1.29 is 18.7 Å². The Hall–Kier alpha value is -3.45. The summed E-state index contributed by atoms with van der Waals surface area (Å²) < 4.78 is 25.7. The van der Waals surface area contributed by atoms with E-state index >= 15 is 0 Å². The number of carbonyl (C=O) groups excluding carboxylic acids is 1. The number of pyridine rings is 1. The summed E-state index contributed by atoms with van der Waals surface area (Å²) in [6.07, 6.45) is 3.40. The number of thiophene rings is 1. The average molecular weight is 422 g/mol. The van der Waals surface area contributed by atoms with Gasteiger partial charge < -0.3 is 14.8 Å². The average Bonchev–Trinajstić information content (AvgIpc) is 3.09. The first-order valence-corrected chi connectivity index (χ1v) is 10.1. The summed E-state index contributed by atoms with van der Waals surface area (Å²) >= 11 is 1.34. The van der Waals surface area contributed by atoms with Crippen LogP contribution < -0.4 is 14.8 Å². The minimum Gasteiger partial charge on any atom is -0.493 e. The molecule has 0 radical (unpaired) electrons. The highest BCUT2D eigenvalue weighted by atomic mass is 32.1. The molecule has 0 fully saturated rings. The molecule has 0 saturated carbocycles. The van der Waals surface area contributed by atoms with Crippen LogP contribution in [-0.2, 0) is 6.61 Å². The van der Waals surface area contributed by atoms with Crippen LogP contribution in [0.2, 0.25) is 0 Å². The second kappa shape index (κ2) is 8.51. The van der Waals surface area contributed by atoms with E-state index in [2.05, 4.69) is 10.3 Å². The van der Waals surface area contributed by atoms with Gasteiger partial charge >= 0.3 is 0 Å². The number of benzene rings is 2. The lowest BCUT2D eigenvalue weighted by Gasteiger charge is -2.13. The Balaban J connectivity index is 1.55. The van der Waals surface area contributed by atoms with Gasteiger partial charge in [-0.1, -0.05) is 0 Å². The number of rotatable bonds is 6. The normalized spacial score (nSPS) is 10.8. The van der Waals surface area contributed by atoms with Gasteiger partial charge in [-0.15, -0.1) is 11.3 Å². The van der Waals surface area contributed by atoms with Crippen LogP contribution in [0.3, 0.4) is 0 Å². The molecule has 7 heteroatoms. The number of anilines is 1. The van der Waals surface area contributed by atoms with E-state index in [1.165, 1.54) is 23.5 Å². The molecule has 4 rings (SSSR count). The van der Waals surface area contributed by atoms with Crippen LogP contribution in [-0.4, -0.2) is 18.0 Å². The predicted molar refractivity (Wildman–Crippen MR) is 116 cm³/mol. The Morgan fingerprint density at radius 3 is 2.67 bits per heavy atom. The molecular weight excluding hydrogens is 403 g/mol. The third-order valence-electron chi connectivity index (χ3n) is 4.67. The van der Waals surface area contributed by atoms with Gasteiger partial charge in [-0.2, -0.15) is 0 Å². The number of hydrogen-bond acceptors (Lipinski definition) is 5. The first-order chi connectivity index (χ1) is 14.5. The maximum Gasteiger partial charge on any atom is 0.266 e. The zero-order chi connectivity index (χ0) is 21.1. The molecule has 0 spiro atoms. The molecule has 2 heterocycles. The van der Waals surface area contributed by atoms with Gasteiger partial charge in [0.15, 0.2) is 11.5 Å². The van der Waals surface area contributed by atoms with Crippen LogP contribution in [0.15, 0.2) is 60.9 Å². The molecular formula is C23H19FN2O3S. The van der Waals surface area contributed by atoms with Crippen molar-refractivity contribution in [3.8, 4) is 11.5 Å². The van der Waals surface area contributed by atoms with Gasteiger partial charge in [-0.25, -0.2) is 4.39 Å². The van der Waals surface area contributed by atoms with Crippen LogP contribution >= 0.6 is 11.3 Å². The van der Waals surface area contributed by atoms with Gasteiger partial charge in [-0.3, -0.25) is 9.78 Å². The summed E-state index contributed by atoms with van der Waals surface area (Å²) in [5, 5.41) is 3.65. The van der Waals surface area contributed by atoms with E-state index in [-0.39, 0.29) is 11.7 Å². The number of aromatic nitrogens is 1. The molecule has 0 unspecified atom stereocenters. The lowest BCUT2D eigenvalue weighted by Crippen LogP contribution is -2.11. The molecule has 0 aliphatic carbocycles. The Bertz CT molecular complexity index is 1210. The highest BCUT2D eigenvalue weighted by Crippen LogP contribution is 2.34. The minimum absolute atomic E-state index is 0.251. The number of halogens is 1. The third kappa shape index (κ3) is 4.11. The molecule has 2 aromatic carbocycles. The van der Waals surface area contributed by atoms with Crippen molar-refractivity contribution in [2.75, 3.05) is 12.4 Å². The Morgan fingerprint density at radius 2 is 1.90 bits per heavy atom. The van der Waals surface area contributed by atoms with Crippen LogP contribution in [0.4, 0.5) is 10.1 Å². The number of aryl methyl sites for hydroxylation is 1. The van der Waals surface area contributed by atoms with Crippen molar-refractivity contribution in [2.24, 2.45) is 0 Å². The molecule has 1 N–H and O–H groups in total. The highest BCUT2D eigenvalue weighted by molar-refractivity contribution is 7.21. The predicted octanol–water partition coefficient (Wildman–Crippen LogP) is 5.58. The summed E-state index contributed by atoms with van der Waals surface area (Å²) in [5.74, 6) is 0.513. The van der Waals surface area contributed by atoms with Crippen LogP contribution in [0.5, 0.6) is 11.5 Å². The topological polar surface area (TPSA) is 60.5 Å². The van der Waals surface area contributed by atoms with Gasteiger partial charge in [-0.05, 0) is 65.9 Å². The number of methoxy groups -OCH3 is 1. The highest BCUT2D eigenvalue weighted by Gasteiger charge is 2.17. The lowest BCUT2D eigenvalue weighted by atomic mass is 10.1. The van der Waals surface area contributed by atoms with Crippen molar-refractivity contribution in [2.45, 2.75) is 13.5 Å². The molecule has 0 bridgehead atoms. The van der Waals surface area contributed by atoms with Gasteiger partial charge in [0.25, 0.3) is 5.91 Å². The summed E-state index contributed by atoms with van der Waals surface area (Å²) in [5.41, 5.74) is 2.30. The maximum absolute atomic E-state index is 13.6. The van der Waals surface area contributed by atoms with E-state index in [1.807, 2.05) is 19.1 Å². The Labute approximate surface area is 177 Å². The van der Waals surface area contributed by atoms with Crippen molar-refractivity contribution in [3.63, 3.8) is 0 Å². The standard InChI is InChI=1S/C23H19FN2O3S/c1-14-18-11-16(24)3-6-21(18)30-22(14)23(27)26-17-4-5-19(28-2)20(12-17)29-13-15-7-9-25-10-8-15/h3-12H,13H2,1-2H3,(H,26,27). The van der Waals surface area contributed by atoms with Gasteiger partial charge in [0.2, 0.25) is 0 Å². The first kappa shape index (κ1) is 19.8. The number of hydrogen-bond donors (Lipinski definition) is 1. The molecule has 0 atom stereocenters. The molecule has 152 valence electrons. The van der Waals surface area contributed by atoms with Gasteiger partial charge in [0, 0.05) is 28.8 Å². The van der Waals surface area contributed by atoms with E-state index in [1.54, 1.807) is 43.8 Å². The Kier molecular flexibility index (Phi) is 5.63. The quantitative estimate of drug-likeness (QED) is 0.440. The number of nitrogens with one attached hydrogen (secondary N) is 1. The van der Waals surface area contributed by atoms with E-state index in [0.29, 0.717) is 28.7 Å². The fraction of sp³-hybridized carbons (Fsp3) is 0.130. The molecule has 0 aliphatic rings. The summed E-state index contributed by atoms with van der Waals surface area (Å²) in [7, 11) is 1.56. The number of fused-ring (bicyclic) bond motifs is 1. The number of nitrogens with zero attached hydrogens (tertiary/aromatic N) is 1. The zero-order valence-electron chi connectivity index (χ0n) is 16.4. The van der Waals surface area contributed by atoms with Gasteiger partial charge in [0.05, 0.1) is 12.0 Å². The van der Waals surface area contributed by atoms with Crippen LogP contribution in [0.25, 0.3) is 10.1 Å². The molecule has 4 aromatic rings. The summed E-state index contributed by atoms with van der Waals surface area (Å²) in [4.78, 5) is 17.4. The number of ether oxygens (including phenoxy) is 2. The van der Waals surface area contributed by atoms with E-state index in [0.717, 1.165) is 21.2 Å². The van der Waals surface area contributed by atoms with Crippen LogP contribution in [0, 0.1) is 12.7 Å². The second-order valence-electron chi connectivity index (χ2n) is 6.66. The zero-order valence-corrected chi connectivity index (χ0v) is 17.3. The SMILES string of the molecule is COc1ccc(NC(=O)c2sc3ccc(F)cc3c2C)cc1OCc1ccncc1. The van der Waals surface area contributed by atoms with E-state index in [4.69, 9.17) is 9.47 Å². The minimum atomic E-state index is -0.318. The van der Waals surface area contributed by atoms with Crippen molar-refractivity contribution in [1.29, 1.82) is 0 Å². The summed E-state index contributed by atoms with van der Waals surface area (Å²) in [6.45, 7) is 2.17. The number of amides is 1. The first-order valence-electron chi connectivity index (χ1n) is 9.25. The largest absolute Gasteiger partial charge is 0.493 e. The fourth-order valence-corrected chi connectivity index (χ4v) is 4.19. The molecule has 5 nitrogen and oxygen atoms in total. The monoisotopic (exact) mass is 422 g/mol. The molecule has 0 aliphatic heterocycles. The van der Waals surface area contributed by atoms with Crippen molar-refractivity contribution >= 4 is 33.0 Å². The van der Waals surface area contributed by atoms with Crippen molar-refractivity contribution in [3.05, 3.63) is 82.7 Å². The summed E-state index contributed by atoms with van der Waals surface area (Å²) in [6, 6.07) is 13.5. The second-order valence-corrected chi connectivity index (χ2v) is 7.71. The van der Waals surface area contributed by atoms with Gasteiger partial charge in [0.1, 0.15) is 12.4 Å². The lowest BCUT2D eigenvalue weighted by molar-refractivity contribution is 0.103. The smallest absolute Gasteiger partial charge is 0.266 e. The molecule has 1 amide bonds. The third-order valence-corrected chi connectivity index (χ3v) is 5.94. The van der Waals surface area contributed by atoms with E-state index in [9.17, 15) is 9.18 Å². The maximum atomic E-state index is 13.6. The van der Waals surface area contributed by atoms with Crippen LogP contribution in [0.1, 0.15) is 20.8 Å².